The minimum absolute atomic E-state index is 0.213. The Labute approximate surface area is 365 Å². The van der Waals surface area contributed by atoms with E-state index in [0.717, 1.165) is 24.6 Å². The highest BCUT2D eigenvalue weighted by Gasteiger charge is 2.22. The molecule has 4 aromatic heterocycles. The first-order valence-corrected chi connectivity index (χ1v) is 18.0. The van der Waals surface area contributed by atoms with Crippen molar-refractivity contribution in [3.63, 3.8) is 0 Å². The molecule has 0 atom stereocenters. The lowest BCUT2D eigenvalue weighted by molar-refractivity contribution is 0.893. The second-order valence-electron chi connectivity index (χ2n) is 12.6. The van der Waals surface area contributed by atoms with Gasteiger partial charge in [-0.2, -0.15) is 15.0 Å². The van der Waals surface area contributed by atoms with Crippen LogP contribution in [0.3, 0.4) is 0 Å². The topological polar surface area (TPSA) is 48.5 Å². The molecular weight excluding hydrogens is 715 g/mol. The Morgan fingerprint density at radius 3 is 1.51 bits per heavy atom. The molecule has 0 spiro atoms. The molecule has 266 valence electrons. The van der Waals surface area contributed by atoms with E-state index in [1.807, 2.05) is 24.3 Å². The average molecular weight is 770 g/mol. The monoisotopic (exact) mass is 769 g/mol. The summed E-state index contributed by atoms with van der Waals surface area (Å²) in [6.07, 6.45) is 0. The molecule has 0 saturated heterocycles. The van der Waals surface area contributed by atoms with Gasteiger partial charge in [-0.05, 0) is 58.6 Å². The molecule has 0 bridgehead atoms. The Hall–Kier alpha value is -7.41. The lowest BCUT2D eigenvalue weighted by Crippen LogP contribution is -2.10. The Balaban J connectivity index is 1.35. The summed E-state index contributed by atoms with van der Waals surface area (Å²) in [4.78, 5) is 14.6. The van der Waals surface area contributed by atoms with Crippen LogP contribution in [0.5, 0.6) is 0 Å². The molecule has 0 N–H and O–H groups in total. The lowest BCUT2D eigenvalue weighted by Gasteiger charge is -2.13. The van der Waals surface area contributed by atoms with Gasteiger partial charge in [0.2, 0.25) is 11.9 Å². The van der Waals surface area contributed by atoms with Crippen molar-refractivity contribution in [2.75, 3.05) is 0 Å². The van der Waals surface area contributed by atoms with E-state index in [1.165, 1.54) is 11.3 Å². The number of aromatic nitrogens is 5. The highest BCUT2D eigenvalue weighted by atomic mass is 32.1. The van der Waals surface area contributed by atoms with Gasteiger partial charge in [0.25, 0.3) is 0 Å². The normalized spacial score (nSPS) is 17.8. The summed E-state index contributed by atoms with van der Waals surface area (Å²) in [6.45, 7) is 0. The predicted octanol–water partition coefficient (Wildman–Crippen LogP) is 13.4. The number of benzene rings is 8. The summed E-state index contributed by atoms with van der Waals surface area (Å²) in [5.41, 5.74) is -4.71. The van der Waals surface area contributed by atoms with Crippen molar-refractivity contribution in [2.45, 2.75) is 0 Å². The van der Waals surface area contributed by atoms with Crippen molar-refractivity contribution >= 4 is 75.1 Å². The number of fused-ring (bicyclic) bond motifs is 9. The van der Waals surface area contributed by atoms with Crippen molar-refractivity contribution in [1.82, 2.24) is 24.1 Å². The van der Waals surface area contributed by atoms with E-state index >= 15 is 0 Å². The predicted molar refractivity (Wildman–Crippen MR) is 238 cm³/mol. The maximum absolute atomic E-state index is 10.0. The quantitative estimate of drug-likeness (QED) is 0.175. The Bertz CT molecular complexity index is 4670. The smallest absolute Gasteiger partial charge is 0.240 e. The molecule has 0 saturated carbocycles. The third-order valence-electron chi connectivity index (χ3n) is 9.46. The molecule has 12 rings (SSSR count). The van der Waals surface area contributed by atoms with Gasteiger partial charge in [-0.1, -0.05) is 151 Å². The Morgan fingerprint density at radius 2 is 0.895 bits per heavy atom. The molecule has 0 amide bonds. The van der Waals surface area contributed by atoms with Crippen LogP contribution in [0, 0.1) is 0 Å². The molecule has 12 aromatic rings. The molecule has 0 fully saturated rings. The van der Waals surface area contributed by atoms with Crippen molar-refractivity contribution in [2.24, 2.45) is 0 Å². The minimum atomic E-state index is -0.903. The van der Waals surface area contributed by atoms with Gasteiger partial charge in [0.15, 0.2) is 5.82 Å². The summed E-state index contributed by atoms with van der Waals surface area (Å²) >= 11 is 1.40. The third kappa shape index (κ3) is 5.04. The summed E-state index contributed by atoms with van der Waals surface area (Å²) in [7, 11) is 0. The van der Waals surface area contributed by atoms with Crippen molar-refractivity contribution < 1.29 is 32.9 Å². The van der Waals surface area contributed by atoms with Crippen LogP contribution >= 0.6 is 11.3 Å². The van der Waals surface area contributed by atoms with E-state index in [2.05, 4.69) is 0 Å². The summed E-state index contributed by atoms with van der Waals surface area (Å²) in [5.74, 6) is -1.61. The summed E-state index contributed by atoms with van der Waals surface area (Å²) < 4.78 is 220. The largest absolute Gasteiger partial charge is 0.278 e. The van der Waals surface area contributed by atoms with Gasteiger partial charge >= 0.3 is 0 Å². The number of hydrogen-bond acceptors (Lipinski definition) is 4. The molecule has 0 radical (unpaired) electrons. The van der Waals surface area contributed by atoms with Crippen molar-refractivity contribution in [3.05, 3.63) is 187 Å². The molecule has 8 aromatic carbocycles. The summed E-state index contributed by atoms with van der Waals surface area (Å²) in [5, 5.41) is -0.0704. The van der Waals surface area contributed by atoms with Gasteiger partial charge < -0.3 is 0 Å². The van der Waals surface area contributed by atoms with Gasteiger partial charge in [0.05, 0.1) is 55.0 Å². The molecule has 5 nitrogen and oxygen atoms in total. The zero-order valence-corrected chi connectivity index (χ0v) is 29.5. The fraction of sp³-hybridized carbons (Fsp3) is 0. The van der Waals surface area contributed by atoms with Crippen LogP contribution < -0.4 is 0 Å². The molecule has 0 aliphatic heterocycles. The van der Waals surface area contributed by atoms with Gasteiger partial charge in [0.1, 0.15) is 0 Å². The van der Waals surface area contributed by atoms with Crippen LogP contribution in [-0.4, -0.2) is 24.1 Å². The zero-order valence-electron chi connectivity index (χ0n) is 52.7. The molecule has 0 unspecified atom stereocenters. The van der Waals surface area contributed by atoms with E-state index in [1.54, 1.807) is 18.2 Å². The van der Waals surface area contributed by atoms with E-state index in [0.29, 0.717) is 4.70 Å². The van der Waals surface area contributed by atoms with Crippen LogP contribution in [0.4, 0.5) is 0 Å². The maximum Gasteiger partial charge on any atom is 0.240 e. The van der Waals surface area contributed by atoms with Crippen molar-refractivity contribution in [1.29, 1.82) is 0 Å². The molecule has 0 aliphatic rings. The Morgan fingerprint density at radius 1 is 0.386 bits per heavy atom. The second-order valence-corrected chi connectivity index (χ2v) is 13.7. The fourth-order valence-electron chi connectivity index (χ4n) is 6.97. The van der Waals surface area contributed by atoms with Crippen LogP contribution in [0.15, 0.2) is 187 Å². The maximum atomic E-state index is 10.0. The van der Waals surface area contributed by atoms with Gasteiger partial charge in [0, 0.05) is 47.3 Å². The lowest BCUT2D eigenvalue weighted by atomic mass is 10.0. The zero-order chi connectivity index (χ0) is 58.3. The SMILES string of the molecule is [2H]c1c([2H])c([2H])c(-c2c([2H])c([2H])c3c4c([2H])c([2H])c(-c5c([2H])c([2H])c([2H])c([2H])c5[2H])c([2H])c4n(-c4nc(-c5ccc6c(c5)sc5ccccc56)nc(-n5c6c([2H])c([2H])c([2H])c([2H])c6c6c([2H])c([2H])c([2H])c([2H])c65)n4)c3c2[2H])c([2H])c1[2H]. The molecule has 4 heterocycles. The molecule has 57 heavy (non-hydrogen) atoms. The van der Waals surface area contributed by atoms with E-state index in [4.69, 9.17) is 36.9 Å². The number of thiophene rings is 1. The minimum Gasteiger partial charge on any atom is -0.278 e. The molecule has 6 heteroatoms. The number of nitrogens with zero attached hydrogens (tertiary/aromatic N) is 5. The number of para-hydroxylation sites is 2. The van der Waals surface area contributed by atoms with Gasteiger partial charge in [-0.25, -0.2) is 0 Å². The first kappa shape index (κ1) is 16.4. The highest BCUT2D eigenvalue weighted by Crippen LogP contribution is 2.39. The fourth-order valence-corrected chi connectivity index (χ4v) is 8.12. The highest BCUT2D eigenvalue weighted by molar-refractivity contribution is 7.25. The average Bonchev–Trinajstić information content (AvgIpc) is 2.75. The van der Waals surface area contributed by atoms with Crippen LogP contribution in [0.2, 0.25) is 0 Å². The second kappa shape index (κ2) is 12.6. The first-order valence-electron chi connectivity index (χ1n) is 29.2. The number of hydrogen-bond donors (Lipinski definition) is 0. The standard InChI is InChI=1S/C51H31N5S/c1-3-13-32(14-4-1)34-23-26-39-40-27-24-35(33-15-5-2-6-16-33)30-46(40)56(45(39)29-34)51-53-49(36-25-28-42-41-19-9-12-22-47(41)57-48(42)31-36)52-50(54-51)55-43-20-10-7-17-37(43)38-18-8-11-21-44(38)55/h1-31H/i1D,2D,3D,4D,5D,6D,7D,8D,10D,11D,13D,14D,15D,16D,17D,18D,20D,21D,23D,24D,26D,27D,29D,30D. The van der Waals surface area contributed by atoms with Gasteiger partial charge in [-0.3, -0.25) is 9.13 Å². The van der Waals surface area contributed by atoms with E-state index < -0.39 is 212 Å². The third-order valence-corrected chi connectivity index (χ3v) is 10.6. The number of rotatable bonds is 5. The Kier molecular flexibility index (Phi) is 3.61. The summed E-state index contributed by atoms with van der Waals surface area (Å²) in [6, 6.07) is -7.31. The van der Waals surface area contributed by atoms with Gasteiger partial charge in [-0.15, -0.1) is 11.3 Å². The van der Waals surface area contributed by atoms with Crippen LogP contribution in [0.25, 0.3) is 109 Å². The first-order chi connectivity index (χ1) is 38.2. The molecule has 0 aliphatic carbocycles. The van der Waals surface area contributed by atoms with E-state index in [-0.39, 0.29) is 22.2 Å². The van der Waals surface area contributed by atoms with Crippen LogP contribution in [-0.2, 0) is 0 Å². The van der Waals surface area contributed by atoms with E-state index in [9.17, 15) is 11.0 Å². The molecular formula is C51H31N5S. The van der Waals surface area contributed by atoms with Crippen molar-refractivity contribution in [3.8, 4) is 45.5 Å². The van der Waals surface area contributed by atoms with Crippen LogP contribution in [0.1, 0.15) is 32.9 Å².